The Hall–Kier alpha value is -4.63. The van der Waals surface area contributed by atoms with E-state index < -0.39 is 0 Å². The molecule has 0 aliphatic rings. The molecule has 6 nitrogen and oxygen atoms in total. The fraction of sp³-hybridized carbons (Fsp3) is 0.138. The Kier molecular flexibility index (Phi) is 6.40. The van der Waals surface area contributed by atoms with Crippen molar-refractivity contribution in [2.24, 2.45) is 0 Å². The molecular weight excluding hydrogens is 438 g/mol. The maximum absolute atomic E-state index is 8.95. The normalized spacial score (nSPS) is 10.7. The first kappa shape index (κ1) is 22.2. The predicted molar refractivity (Wildman–Crippen MR) is 133 cm³/mol. The van der Waals surface area contributed by atoms with Crippen LogP contribution in [0.25, 0.3) is 22.2 Å². The fourth-order valence-corrected chi connectivity index (χ4v) is 3.77. The Balaban J connectivity index is 1.21. The van der Waals surface area contributed by atoms with Gasteiger partial charge < -0.3 is 13.9 Å². The van der Waals surface area contributed by atoms with Crippen LogP contribution in [0, 0.1) is 18.3 Å². The van der Waals surface area contributed by atoms with E-state index in [2.05, 4.69) is 40.3 Å². The van der Waals surface area contributed by atoms with Crippen LogP contribution in [0.3, 0.4) is 0 Å². The van der Waals surface area contributed by atoms with Crippen molar-refractivity contribution in [3.05, 3.63) is 108 Å². The molecule has 5 aromatic rings. The van der Waals surface area contributed by atoms with Crippen molar-refractivity contribution in [1.29, 1.82) is 5.26 Å². The van der Waals surface area contributed by atoms with Crippen molar-refractivity contribution in [2.45, 2.75) is 26.6 Å². The Morgan fingerprint density at radius 2 is 1.71 bits per heavy atom. The monoisotopic (exact) mass is 461 g/mol. The van der Waals surface area contributed by atoms with Gasteiger partial charge in [-0.05, 0) is 53.6 Å². The van der Waals surface area contributed by atoms with Gasteiger partial charge in [0.05, 0.1) is 12.5 Å². The van der Waals surface area contributed by atoms with Crippen LogP contribution in [0.5, 0.6) is 11.6 Å². The second-order valence-corrected chi connectivity index (χ2v) is 8.11. The second kappa shape index (κ2) is 10.1. The van der Waals surface area contributed by atoms with Gasteiger partial charge in [-0.2, -0.15) is 5.26 Å². The lowest BCUT2D eigenvalue weighted by atomic mass is 10.1. The number of pyridine rings is 1. The summed E-state index contributed by atoms with van der Waals surface area (Å²) in [7, 11) is 0. The number of aryl methyl sites for hydroxylation is 1. The fourth-order valence-electron chi connectivity index (χ4n) is 3.77. The van der Waals surface area contributed by atoms with Gasteiger partial charge >= 0.3 is 0 Å². The topological polar surface area (TPSA) is 81.2 Å². The summed E-state index contributed by atoms with van der Waals surface area (Å²) in [4.78, 5) is 8.89. The molecule has 2 aromatic heterocycles. The summed E-state index contributed by atoms with van der Waals surface area (Å²) in [6.45, 7) is 2.56. The number of hydrogen-bond donors (Lipinski definition) is 0. The van der Waals surface area contributed by atoms with Crippen molar-refractivity contribution in [3.8, 4) is 29.2 Å². The lowest BCUT2D eigenvalue weighted by Gasteiger charge is -2.09. The maximum atomic E-state index is 8.95. The van der Waals surface area contributed by atoms with Crippen molar-refractivity contribution in [3.63, 3.8) is 0 Å². The number of nitrogens with zero attached hydrogens (tertiary/aromatic N) is 3. The number of ether oxygens (including phenoxy) is 2. The number of nitriles is 1. The smallest absolute Gasteiger partial charge is 0.226 e. The highest BCUT2D eigenvalue weighted by Gasteiger charge is 2.13. The molecular formula is C29H23N3O3. The van der Waals surface area contributed by atoms with Crippen LogP contribution in [0.15, 0.2) is 89.5 Å². The number of hydrogen-bond acceptors (Lipinski definition) is 6. The molecule has 172 valence electrons. The van der Waals surface area contributed by atoms with Crippen molar-refractivity contribution < 1.29 is 13.9 Å². The van der Waals surface area contributed by atoms with Crippen LogP contribution in [-0.4, -0.2) is 9.97 Å². The summed E-state index contributed by atoms with van der Waals surface area (Å²) in [5.41, 5.74) is 3.46. The zero-order chi connectivity index (χ0) is 24.0. The Labute approximate surface area is 203 Å². The van der Waals surface area contributed by atoms with E-state index in [1.165, 1.54) is 5.39 Å². The van der Waals surface area contributed by atoms with E-state index in [4.69, 9.17) is 19.2 Å². The summed E-state index contributed by atoms with van der Waals surface area (Å²) in [6.07, 6.45) is 1.92. The Morgan fingerprint density at radius 3 is 2.54 bits per heavy atom. The van der Waals surface area contributed by atoms with Gasteiger partial charge in [0.1, 0.15) is 30.4 Å². The molecule has 0 saturated carbocycles. The number of fused-ring (bicyclic) bond motifs is 1. The molecule has 0 N–H and O–H groups in total. The third-order valence-corrected chi connectivity index (χ3v) is 5.68. The minimum atomic E-state index is 0.264. The molecule has 0 bridgehead atoms. The number of oxazole rings is 1. The van der Waals surface area contributed by atoms with E-state index >= 15 is 0 Å². The van der Waals surface area contributed by atoms with Gasteiger partial charge in [-0.25, -0.2) is 9.97 Å². The molecule has 0 radical (unpaired) electrons. The molecule has 6 heteroatoms. The minimum absolute atomic E-state index is 0.264. The third kappa shape index (κ3) is 5.15. The second-order valence-electron chi connectivity index (χ2n) is 8.11. The largest absolute Gasteiger partial charge is 0.487 e. The highest BCUT2D eigenvalue weighted by Crippen LogP contribution is 2.26. The molecule has 3 aromatic carbocycles. The van der Waals surface area contributed by atoms with Crippen molar-refractivity contribution in [1.82, 2.24) is 9.97 Å². The van der Waals surface area contributed by atoms with Gasteiger partial charge in [0.2, 0.25) is 11.8 Å². The van der Waals surface area contributed by atoms with Crippen LogP contribution in [0.1, 0.15) is 22.6 Å². The zero-order valence-electron chi connectivity index (χ0n) is 19.3. The van der Waals surface area contributed by atoms with Gasteiger partial charge in [0, 0.05) is 17.3 Å². The van der Waals surface area contributed by atoms with Crippen LogP contribution in [-0.2, 0) is 19.6 Å². The highest BCUT2D eigenvalue weighted by molar-refractivity contribution is 5.86. The van der Waals surface area contributed by atoms with Crippen LogP contribution >= 0.6 is 0 Å². The first-order chi connectivity index (χ1) is 17.2. The maximum Gasteiger partial charge on any atom is 0.226 e. The summed E-state index contributed by atoms with van der Waals surface area (Å²) in [5, 5.41) is 11.3. The first-order valence-electron chi connectivity index (χ1n) is 11.3. The molecule has 0 atom stereocenters. The lowest BCUT2D eigenvalue weighted by Crippen LogP contribution is -2.01. The summed E-state index contributed by atoms with van der Waals surface area (Å²) >= 11 is 0. The average Bonchev–Trinajstić information content (AvgIpc) is 3.28. The van der Waals surface area contributed by atoms with E-state index in [0.717, 1.165) is 39.3 Å². The van der Waals surface area contributed by atoms with E-state index in [1.54, 1.807) is 12.3 Å². The molecule has 0 aliphatic carbocycles. The highest BCUT2D eigenvalue weighted by atomic mass is 16.5. The molecule has 5 rings (SSSR count). The molecule has 0 aliphatic heterocycles. The van der Waals surface area contributed by atoms with E-state index in [0.29, 0.717) is 25.0 Å². The average molecular weight is 462 g/mol. The molecule has 2 heterocycles. The zero-order valence-corrected chi connectivity index (χ0v) is 19.3. The number of aromatic nitrogens is 2. The molecule has 0 saturated heterocycles. The van der Waals surface area contributed by atoms with Gasteiger partial charge in [-0.3, -0.25) is 0 Å². The van der Waals surface area contributed by atoms with Crippen LogP contribution in [0.2, 0.25) is 0 Å². The summed E-state index contributed by atoms with van der Waals surface area (Å²) in [6, 6.07) is 27.8. The van der Waals surface area contributed by atoms with Crippen molar-refractivity contribution in [2.75, 3.05) is 0 Å². The standard InChI is InChI=1S/C29H23N3O3/c1-20-27(32-29(35-20)25-11-10-22-5-2-3-6-24(22)17-25)19-33-26-12-8-21(9-13-26)18-34-28-23(14-15-30)7-4-16-31-28/h2-13,16-17H,14,18-19H2,1H3. The Bertz CT molecular complexity index is 1500. The van der Waals surface area contributed by atoms with Crippen LogP contribution in [0.4, 0.5) is 0 Å². The minimum Gasteiger partial charge on any atom is -0.487 e. The SMILES string of the molecule is Cc1oc(-c2ccc3ccccc3c2)nc1COc1ccc(COc2ncccc2CC#N)cc1. The number of rotatable bonds is 8. The van der Waals surface area contributed by atoms with Crippen LogP contribution < -0.4 is 9.47 Å². The van der Waals surface area contributed by atoms with Gasteiger partial charge in [-0.15, -0.1) is 0 Å². The molecule has 0 spiro atoms. The quantitative estimate of drug-likeness (QED) is 0.265. The molecule has 35 heavy (non-hydrogen) atoms. The van der Waals surface area contributed by atoms with E-state index in [1.807, 2.05) is 55.5 Å². The Morgan fingerprint density at radius 1 is 0.886 bits per heavy atom. The summed E-state index contributed by atoms with van der Waals surface area (Å²) < 4.78 is 17.7. The molecule has 0 unspecified atom stereocenters. The lowest BCUT2D eigenvalue weighted by molar-refractivity contribution is 0.288. The molecule has 0 fully saturated rings. The van der Waals surface area contributed by atoms with Gasteiger partial charge in [0.15, 0.2) is 0 Å². The molecule has 0 amide bonds. The van der Waals surface area contributed by atoms with E-state index in [9.17, 15) is 0 Å². The van der Waals surface area contributed by atoms with Gasteiger partial charge in [0.25, 0.3) is 0 Å². The predicted octanol–water partition coefficient (Wildman–Crippen LogP) is 6.42. The van der Waals surface area contributed by atoms with E-state index in [-0.39, 0.29) is 6.42 Å². The number of benzene rings is 3. The van der Waals surface area contributed by atoms with Gasteiger partial charge in [-0.1, -0.05) is 48.5 Å². The third-order valence-electron chi connectivity index (χ3n) is 5.68. The van der Waals surface area contributed by atoms with Crippen molar-refractivity contribution >= 4 is 10.8 Å². The summed E-state index contributed by atoms with van der Waals surface area (Å²) in [5.74, 6) is 2.54. The first-order valence-corrected chi connectivity index (χ1v) is 11.3.